The highest BCUT2D eigenvalue weighted by Gasteiger charge is 2.20. The number of rotatable bonds is 6. The predicted molar refractivity (Wildman–Crippen MR) is 127 cm³/mol. The third-order valence-electron chi connectivity index (χ3n) is 6.07. The van der Waals surface area contributed by atoms with E-state index in [2.05, 4.69) is 10.3 Å². The van der Waals surface area contributed by atoms with Crippen LogP contribution in [0.15, 0.2) is 51.5 Å². The lowest BCUT2D eigenvalue weighted by atomic mass is 9.95. The third kappa shape index (κ3) is 5.24. The fraction of sp³-hybridized carbons (Fsp3) is 0.375. The maximum absolute atomic E-state index is 12.8. The Morgan fingerprint density at radius 1 is 1.09 bits per heavy atom. The molecule has 33 heavy (non-hydrogen) atoms. The van der Waals surface area contributed by atoms with Crippen LogP contribution in [0.5, 0.6) is 0 Å². The Kier molecular flexibility index (Phi) is 6.78. The Morgan fingerprint density at radius 3 is 2.58 bits per heavy atom. The second-order valence-electron chi connectivity index (χ2n) is 8.40. The fourth-order valence-electron chi connectivity index (χ4n) is 4.26. The van der Waals surface area contributed by atoms with Crippen molar-refractivity contribution in [2.24, 2.45) is 0 Å². The number of nitrogens with one attached hydrogen (secondary N) is 3. The molecule has 0 bridgehead atoms. The normalized spacial score (nSPS) is 18.1. The first-order chi connectivity index (χ1) is 15.8. The van der Waals surface area contributed by atoms with Crippen molar-refractivity contribution in [1.82, 2.24) is 10.3 Å². The van der Waals surface area contributed by atoms with Crippen LogP contribution in [-0.4, -0.2) is 34.1 Å². The average Bonchev–Trinajstić information content (AvgIpc) is 2.81. The number of carbonyl (C=O) groups is 2. The average molecular weight is 469 g/mol. The Balaban J connectivity index is 1.37. The maximum atomic E-state index is 12.8. The van der Waals surface area contributed by atoms with E-state index in [1.54, 1.807) is 35.2 Å². The van der Waals surface area contributed by atoms with E-state index >= 15 is 0 Å². The molecular formula is C24H28N4O4S. The van der Waals surface area contributed by atoms with Crippen LogP contribution in [0.1, 0.15) is 53.7 Å². The lowest BCUT2D eigenvalue weighted by molar-refractivity contribution is -0.119. The van der Waals surface area contributed by atoms with Crippen LogP contribution >= 0.6 is 0 Å². The predicted octanol–water partition coefficient (Wildman–Crippen LogP) is 3.12. The molecule has 1 aromatic carbocycles. The zero-order valence-electron chi connectivity index (χ0n) is 18.4. The molecule has 0 spiro atoms. The molecule has 174 valence electrons. The van der Waals surface area contributed by atoms with Crippen LogP contribution in [0, 0.1) is 4.78 Å². The Labute approximate surface area is 193 Å². The molecule has 1 saturated heterocycles. The molecule has 2 heterocycles. The second-order valence-corrected chi connectivity index (χ2v) is 10.3. The number of aromatic nitrogens is 1. The first-order valence-electron chi connectivity index (χ1n) is 11.2. The first kappa shape index (κ1) is 23.0. The minimum atomic E-state index is -3.21. The van der Waals surface area contributed by atoms with Crippen molar-refractivity contribution in [3.8, 4) is 0 Å². The fourth-order valence-corrected chi connectivity index (χ4v) is 5.32. The van der Waals surface area contributed by atoms with Gasteiger partial charge in [-0.2, -0.15) is 0 Å². The third-order valence-corrected chi connectivity index (χ3v) is 7.62. The van der Waals surface area contributed by atoms with Gasteiger partial charge >= 0.3 is 0 Å². The van der Waals surface area contributed by atoms with Gasteiger partial charge in [0.25, 0.3) is 11.5 Å². The van der Waals surface area contributed by atoms with E-state index in [0.717, 1.165) is 55.5 Å². The van der Waals surface area contributed by atoms with Crippen molar-refractivity contribution in [1.29, 1.82) is 4.78 Å². The summed E-state index contributed by atoms with van der Waals surface area (Å²) >= 11 is 0. The van der Waals surface area contributed by atoms with Crippen LogP contribution in [0.25, 0.3) is 0 Å². The van der Waals surface area contributed by atoms with Gasteiger partial charge in [-0.05, 0) is 74.4 Å². The number of piperidine rings is 1. The minimum Gasteiger partial charge on any atom is -0.348 e. The summed E-state index contributed by atoms with van der Waals surface area (Å²) in [5, 5.41) is 3.88. The quantitative estimate of drug-likeness (QED) is 0.603. The number of anilines is 1. The molecular weight excluding hydrogens is 440 g/mol. The molecule has 1 aliphatic carbocycles. The standard InChI is InChI=1S/C24H28N4O4S/c25-33(32,19-11-9-18(10-12-19)28-14-4-3-8-22(28)29)15-5-13-26-23(30)20-16-17-6-1-2-7-21(17)27-24(20)31/h5,9-12,15-16,25H,1-4,6-8,13-14H2,(H,26,30)(H,27,31)/b15-5+. The zero-order chi connectivity index (χ0) is 23.4. The summed E-state index contributed by atoms with van der Waals surface area (Å²) in [5.41, 5.74) is 2.31. The van der Waals surface area contributed by atoms with Crippen LogP contribution in [0.2, 0.25) is 0 Å². The molecule has 0 radical (unpaired) electrons. The molecule has 1 aromatic heterocycles. The summed E-state index contributed by atoms with van der Waals surface area (Å²) < 4.78 is 21.0. The number of benzene rings is 1. The van der Waals surface area contributed by atoms with Crippen LogP contribution in [0.3, 0.4) is 0 Å². The molecule has 2 aromatic rings. The van der Waals surface area contributed by atoms with Gasteiger partial charge in [-0.3, -0.25) is 14.4 Å². The topological polar surface area (TPSA) is 123 Å². The Hall–Kier alpha value is -3.20. The Bertz CT molecular complexity index is 1250. The molecule has 2 amide bonds. The first-order valence-corrected chi connectivity index (χ1v) is 12.9. The smallest absolute Gasteiger partial charge is 0.261 e. The molecule has 8 nitrogen and oxygen atoms in total. The van der Waals surface area contributed by atoms with E-state index in [9.17, 15) is 18.6 Å². The molecule has 1 fully saturated rings. The van der Waals surface area contributed by atoms with Crippen molar-refractivity contribution in [2.45, 2.75) is 49.8 Å². The number of H-pyrrole nitrogens is 1. The molecule has 3 N–H and O–H groups in total. The highest BCUT2D eigenvalue weighted by atomic mass is 32.2. The molecule has 2 aliphatic rings. The highest BCUT2D eigenvalue weighted by molar-refractivity contribution is 7.95. The highest BCUT2D eigenvalue weighted by Crippen LogP contribution is 2.23. The van der Waals surface area contributed by atoms with Crippen LogP contribution < -0.4 is 15.8 Å². The van der Waals surface area contributed by atoms with Gasteiger partial charge in [0.1, 0.15) is 5.56 Å². The van der Waals surface area contributed by atoms with Crippen molar-refractivity contribution < 1.29 is 13.8 Å². The van der Waals surface area contributed by atoms with Gasteiger partial charge in [0.05, 0.1) is 14.6 Å². The van der Waals surface area contributed by atoms with Gasteiger partial charge in [0.2, 0.25) is 5.91 Å². The number of amides is 2. The maximum Gasteiger partial charge on any atom is 0.261 e. The van der Waals surface area contributed by atoms with Gasteiger partial charge < -0.3 is 15.2 Å². The second kappa shape index (κ2) is 9.74. The summed E-state index contributed by atoms with van der Waals surface area (Å²) in [7, 11) is -3.21. The molecule has 1 aliphatic heterocycles. The Morgan fingerprint density at radius 2 is 1.82 bits per heavy atom. The minimum absolute atomic E-state index is 0.0472. The molecule has 9 heteroatoms. The number of nitrogens with zero attached hydrogens (tertiary/aromatic N) is 1. The van der Waals surface area contributed by atoms with Crippen molar-refractivity contribution in [3.63, 3.8) is 0 Å². The van der Waals surface area contributed by atoms with Crippen LogP contribution in [-0.2, 0) is 27.4 Å². The van der Waals surface area contributed by atoms with E-state index < -0.39 is 21.2 Å². The summed E-state index contributed by atoms with van der Waals surface area (Å²) in [6, 6.07) is 8.29. The lowest BCUT2D eigenvalue weighted by Gasteiger charge is -2.26. The van der Waals surface area contributed by atoms with E-state index in [0.29, 0.717) is 17.9 Å². The van der Waals surface area contributed by atoms with Gasteiger partial charge in [-0.15, -0.1) is 0 Å². The number of fused-ring (bicyclic) bond motifs is 1. The summed E-state index contributed by atoms with van der Waals surface area (Å²) in [6.07, 6.45) is 7.58. The van der Waals surface area contributed by atoms with E-state index in [4.69, 9.17) is 4.78 Å². The molecule has 1 atom stereocenters. The summed E-state index contributed by atoms with van der Waals surface area (Å²) in [5.74, 6) is -0.421. The number of aryl methyl sites for hydroxylation is 2. The molecule has 4 rings (SSSR count). The van der Waals surface area contributed by atoms with E-state index in [1.165, 1.54) is 11.5 Å². The summed E-state index contributed by atoms with van der Waals surface area (Å²) in [6.45, 7) is 0.715. The number of hydrogen-bond acceptors (Lipinski definition) is 5. The van der Waals surface area contributed by atoms with Crippen molar-refractivity contribution >= 4 is 27.2 Å². The SMILES string of the molecule is N=S(=O)(/C=C/CNC(=O)c1cc2c([nH]c1=O)CCCC2)c1ccc(N2CCCCC2=O)cc1. The number of pyridine rings is 1. The largest absolute Gasteiger partial charge is 0.348 e. The van der Waals surface area contributed by atoms with Crippen molar-refractivity contribution in [3.05, 3.63) is 69.0 Å². The van der Waals surface area contributed by atoms with Gasteiger partial charge in [0.15, 0.2) is 0 Å². The van der Waals surface area contributed by atoms with Gasteiger partial charge in [0, 0.05) is 36.3 Å². The van der Waals surface area contributed by atoms with Gasteiger partial charge in [-0.25, -0.2) is 8.99 Å². The monoisotopic (exact) mass is 468 g/mol. The molecule has 0 saturated carbocycles. The number of carbonyl (C=O) groups excluding carboxylic acids is 2. The van der Waals surface area contributed by atoms with Crippen LogP contribution in [0.4, 0.5) is 5.69 Å². The summed E-state index contributed by atoms with van der Waals surface area (Å²) in [4.78, 5) is 41.6. The van der Waals surface area contributed by atoms with Crippen molar-refractivity contribution in [2.75, 3.05) is 18.0 Å². The zero-order valence-corrected chi connectivity index (χ0v) is 19.2. The van der Waals surface area contributed by atoms with E-state index in [-0.39, 0.29) is 18.0 Å². The van der Waals surface area contributed by atoms with E-state index in [1.807, 2.05) is 0 Å². The number of hydrogen-bond donors (Lipinski definition) is 3. The molecule has 1 unspecified atom stereocenters. The number of aromatic amines is 1. The lowest BCUT2D eigenvalue weighted by Crippen LogP contribution is -2.35. The van der Waals surface area contributed by atoms with Gasteiger partial charge in [-0.1, -0.05) is 6.08 Å².